The highest BCUT2D eigenvalue weighted by atomic mass is 14.6. The van der Waals surface area contributed by atoms with Gasteiger partial charge in [-0.05, 0) is 28.7 Å². The lowest BCUT2D eigenvalue weighted by atomic mass is 9.70. The molecule has 0 aliphatic heterocycles. The molecular formula is C17H22N2. The normalized spacial score (nSPS) is 13.2. The number of rotatable bonds is 4. The summed E-state index contributed by atoms with van der Waals surface area (Å²) in [5.41, 5.74) is 15.1. The summed E-state index contributed by atoms with van der Waals surface area (Å²) in [6, 6.07) is 18.6. The smallest absolute Gasteiger partial charge is 0.0314 e. The minimum absolute atomic E-state index is 0.0240. The van der Waals surface area contributed by atoms with Crippen LogP contribution in [0.3, 0.4) is 0 Å². The van der Waals surface area contributed by atoms with Gasteiger partial charge in [0.25, 0.3) is 0 Å². The van der Waals surface area contributed by atoms with Crippen LogP contribution in [0.25, 0.3) is 0 Å². The monoisotopic (exact) mass is 254 g/mol. The summed E-state index contributed by atoms with van der Waals surface area (Å²) in [4.78, 5) is 0. The van der Waals surface area contributed by atoms with Crippen LogP contribution in [-0.2, 0) is 5.41 Å². The summed E-state index contributed by atoms with van der Waals surface area (Å²) in [5.74, 6) is 0.289. The molecule has 2 heteroatoms. The maximum atomic E-state index is 6.03. The van der Waals surface area contributed by atoms with E-state index in [4.69, 9.17) is 11.5 Å². The first kappa shape index (κ1) is 13.6. The largest absolute Gasteiger partial charge is 0.399 e. The fraction of sp³-hybridized carbons (Fsp3) is 0.294. The summed E-state index contributed by atoms with van der Waals surface area (Å²) in [6.07, 6.45) is 0. The third-order valence-electron chi connectivity index (χ3n) is 3.96. The third kappa shape index (κ3) is 2.79. The van der Waals surface area contributed by atoms with Gasteiger partial charge in [-0.15, -0.1) is 0 Å². The van der Waals surface area contributed by atoms with E-state index in [-0.39, 0.29) is 11.3 Å². The van der Waals surface area contributed by atoms with Crippen molar-refractivity contribution in [3.8, 4) is 0 Å². The Morgan fingerprint density at radius 2 is 1.53 bits per heavy atom. The number of nitrogens with two attached hydrogens (primary N) is 2. The predicted molar refractivity (Wildman–Crippen MR) is 82.1 cm³/mol. The highest BCUT2D eigenvalue weighted by Gasteiger charge is 2.31. The molecule has 0 saturated heterocycles. The van der Waals surface area contributed by atoms with E-state index in [0.29, 0.717) is 6.54 Å². The highest BCUT2D eigenvalue weighted by molar-refractivity contribution is 5.42. The molecule has 0 amide bonds. The van der Waals surface area contributed by atoms with E-state index < -0.39 is 0 Å². The van der Waals surface area contributed by atoms with Gasteiger partial charge in [-0.3, -0.25) is 0 Å². The minimum atomic E-state index is -0.0240. The summed E-state index contributed by atoms with van der Waals surface area (Å²) in [6.45, 7) is 5.10. The number of nitrogen functional groups attached to an aromatic ring is 1. The van der Waals surface area contributed by atoms with Crippen molar-refractivity contribution >= 4 is 5.69 Å². The first-order chi connectivity index (χ1) is 9.05. The second-order valence-electron chi connectivity index (χ2n) is 5.54. The molecule has 0 radical (unpaired) electrons. The van der Waals surface area contributed by atoms with Crippen LogP contribution in [0.15, 0.2) is 54.6 Å². The molecule has 1 atom stereocenters. The van der Waals surface area contributed by atoms with E-state index in [1.165, 1.54) is 11.1 Å². The second-order valence-corrected chi connectivity index (χ2v) is 5.54. The zero-order valence-electron chi connectivity index (χ0n) is 11.6. The van der Waals surface area contributed by atoms with Gasteiger partial charge in [0.1, 0.15) is 0 Å². The van der Waals surface area contributed by atoms with Gasteiger partial charge in [-0.25, -0.2) is 0 Å². The maximum absolute atomic E-state index is 6.03. The summed E-state index contributed by atoms with van der Waals surface area (Å²) in [7, 11) is 0. The van der Waals surface area contributed by atoms with Crippen LogP contribution in [-0.4, -0.2) is 6.54 Å². The molecule has 0 aliphatic carbocycles. The van der Waals surface area contributed by atoms with Crippen molar-refractivity contribution in [2.75, 3.05) is 12.3 Å². The van der Waals surface area contributed by atoms with Crippen LogP contribution >= 0.6 is 0 Å². The van der Waals surface area contributed by atoms with Crippen LogP contribution < -0.4 is 11.5 Å². The van der Waals surface area contributed by atoms with Crippen molar-refractivity contribution in [2.24, 2.45) is 5.73 Å². The molecule has 1 unspecified atom stereocenters. The SMILES string of the molecule is CC(C)(c1ccc(N)cc1)C(CN)c1ccccc1. The number of benzene rings is 2. The Hall–Kier alpha value is -1.80. The van der Waals surface area contributed by atoms with E-state index in [1.54, 1.807) is 0 Å². The molecule has 0 aromatic heterocycles. The Labute approximate surface area is 115 Å². The van der Waals surface area contributed by atoms with Gasteiger partial charge in [-0.2, -0.15) is 0 Å². The Balaban J connectivity index is 2.38. The fourth-order valence-electron chi connectivity index (χ4n) is 2.65. The van der Waals surface area contributed by atoms with Gasteiger partial charge in [0.2, 0.25) is 0 Å². The Kier molecular flexibility index (Phi) is 3.91. The summed E-state index contributed by atoms with van der Waals surface area (Å²) in [5, 5.41) is 0. The lowest BCUT2D eigenvalue weighted by Gasteiger charge is -2.34. The fourth-order valence-corrected chi connectivity index (χ4v) is 2.65. The van der Waals surface area contributed by atoms with Crippen LogP contribution in [0, 0.1) is 0 Å². The van der Waals surface area contributed by atoms with Crippen LogP contribution in [0.5, 0.6) is 0 Å². The van der Waals surface area contributed by atoms with Gasteiger partial charge in [0.05, 0.1) is 0 Å². The maximum Gasteiger partial charge on any atom is 0.0314 e. The van der Waals surface area contributed by atoms with Gasteiger partial charge >= 0.3 is 0 Å². The Morgan fingerprint density at radius 1 is 0.947 bits per heavy atom. The van der Waals surface area contributed by atoms with E-state index in [2.05, 4.69) is 50.2 Å². The van der Waals surface area contributed by atoms with Crippen molar-refractivity contribution in [3.63, 3.8) is 0 Å². The molecule has 4 N–H and O–H groups in total. The number of hydrogen-bond donors (Lipinski definition) is 2. The summed E-state index contributed by atoms with van der Waals surface area (Å²) >= 11 is 0. The molecule has 2 rings (SSSR count). The lowest BCUT2D eigenvalue weighted by Crippen LogP contribution is -2.32. The molecule has 2 nitrogen and oxygen atoms in total. The first-order valence-corrected chi connectivity index (χ1v) is 6.66. The molecule has 100 valence electrons. The van der Waals surface area contributed by atoms with Crippen LogP contribution in [0.4, 0.5) is 5.69 Å². The van der Waals surface area contributed by atoms with Gasteiger partial charge in [-0.1, -0.05) is 56.3 Å². The molecule has 19 heavy (non-hydrogen) atoms. The highest BCUT2D eigenvalue weighted by Crippen LogP contribution is 2.38. The molecule has 0 fully saturated rings. The van der Waals surface area contributed by atoms with Crippen LogP contribution in [0.2, 0.25) is 0 Å². The lowest BCUT2D eigenvalue weighted by molar-refractivity contribution is 0.417. The predicted octanol–water partition coefficient (Wildman–Crippen LogP) is 3.29. The van der Waals surface area contributed by atoms with Crippen molar-refractivity contribution in [3.05, 3.63) is 65.7 Å². The van der Waals surface area contributed by atoms with Crippen molar-refractivity contribution < 1.29 is 0 Å². The minimum Gasteiger partial charge on any atom is -0.399 e. The zero-order valence-corrected chi connectivity index (χ0v) is 11.6. The van der Waals surface area contributed by atoms with E-state index in [9.17, 15) is 0 Å². The van der Waals surface area contributed by atoms with Crippen molar-refractivity contribution in [1.29, 1.82) is 0 Å². The molecule has 0 bridgehead atoms. The number of hydrogen-bond acceptors (Lipinski definition) is 2. The third-order valence-corrected chi connectivity index (χ3v) is 3.96. The van der Waals surface area contributed by atoms with Crippen LogP contribution in [0.1, 0.15) is 30.9 Å². The van der Waals surface area contributed by atoms with E-state index >= 15 is 0 Å². The molecule has 0 spiro atoms. The molecule has 2 aromatic rings. The Bertz CT molecular complexity index is 515. The Morgan fingerprint density at radius 3 is 2.05 bits per heavy atom. The van der Waals surface area contributed by atoms with E-state index in [0.717, 1.165) is 5.69 Å². The standard InChI is InChI=1S/C17H22N2/c1-17(2,14-8-10-15(19)11-9-14)16(12-18)13-6-4-3-5-7-13/h3-11,16H,12,18-19H2,1-2H3. The van der Waals surface area contributed by atoms with Gasteiger partial charge in [0, 0.05) is 18.2 Å². The van der Waals surface area contributed by atoms with Crippen molar-refractivity contribution in [2.45, 2.75) is 25.2 Å². The second kappa shape index (κ2) is 5.45. The molecule has 0 saturated carbocycles. The molecular weight excluding hydrogens is 232 g/mol. The van der Waals surface area contributed by atoms with Gasteiger partial charge < -0.3 is 11.5 Å². The summed E-state index contributed by atoms with van der Waals surface area (Å²) < 4.78 is 0. The molecule has 2 aromatic carbocycles. The molecule has 0 aliphatic rings. The molecule has 0 heterocycles. The first-order valence-electron chi connectivity index (χ1n) is 6.66. The topological polar surface area (TPSA) is 52.0 Å². The zero-order chi connectivity index (χ0) is 13.9. The van der Waals surface area contributed by atoms with Crippen molar-refractivity contribution in [1.82, 2.24) is 0 Å². The quantitative estimate of drug-likeness (QED) is 0.823. The van der Waals surface area contributed by atoms with Gasteiger partial charge in [0.15, 0.2) is 0 Å². The average molecular weight is 254 g/mol. The average Bonchev–Trinajstić information content (AvgIpc) is 2.41. The number of anilines is 1. The van der Waals surface area contributed by atoms with E-state index in [1.807, 2.05) is 18.2 Å².